The number of nitrogens with zero attached hydrogens (tertiary/aromatic N) is 1. The molecule has 1 N–H and O–H groups in total. The average Bonchev–Trinajstić information content (AvgIpc) is 2.41. The first-order valence-electron chi connectivity index (χ1n) is 7.14. The number of piperidine rings is 1. The van der Waals surface area contributed by atoms with Gasteiger partial charge in [-0.1, -0.05) is 26.0 Å². The summed E-state index contributed by atoms with van der Waals surface area (Å²) >= 11 is 0. The quantitative estimate of drug-likeness (QED) is 0.899. The maximum atomic E-state index is 12.5. The van der Waals surface area contributed by atoms with Crippen LogP contribution in [-0.4, -0.2) is 32.3 Å². The van der Waals surface area contributed by atoms with Gasteiger partial charge in [-0.25, -0.2) is 0 Å². The Morgan fingerprint density at radius 3 is 2.80 bits per heavy atom. The molecular weight excluding hydrogens is 262 g/mol. The van der Waals surface area contributed by atoms with Crippen LogP contribution in [-0.2, 0) is 0 Å². The highest BCUT2D eigenvalue weighted by molar-refractivity contribution is 5.58. The topological polar surface area (TPSA) is 24.5 Å². The SMILES string of the molecule is CCNC1CCN(c2ccccc2OC(F)F)CC1C. The highest BCUT2D eigenvalue weighted by atomic mass is 19.3. The summed E-state index contributed by atoms with van der Waals surface area (Å²) in [5, 5.41) is 3.48. The third kappa shape index (κ3) is 3.60. The molecule has 0 spiro atoms. The minimum atomic E-state index is -2.78. The van der Waals surface area contributed by atoms with E-state index in [-0.39, 0.29) is 5.75 Å². The molecular formula is C15H22F2N2O. The van der Waals surface area contributed by atoms with E-state index in [0.29, 0.717) is 12.0 Å². The van der Waals surface area contributed by atoms with E-state index in [1.807, 2.05) is 12.1 Å². The molecule has 2 unspecified atom stereocenters. The van der Waals surface area contributed by atoms with Crippen LogP contribution in [0.1, 0.15) is 20.3 Å². The first kappa shape index (κ1) is 15.0. The average molecular weight is 284 g/mol. The largest absolute Gasteiger partial charge is 0.433 e. The molecule has 1 saturated heterocycles. The Bertz CT molecular complexity index is 428. The lowest BCUT2D eigenvalue weighted by Crippen LogP contribution is -2.48. The lowest BCUT2D eigenvalue weighted by molar-refractivity contribution is -0.0495. The highest BCUT2D eigenvalue weighted by Gasteiger charge is 2.27. The maximum absolute atomic E-state index is 12.5. The van der Waals surface area contributed by atoms with E-state index in [9.17, 15) is 8.78 Å². The zero-order valence-electron chi connectivity index (χ0n) is 12.0. The van der Waals surface area contributed by atoms with Crippen molar-refractivity contribution >= 4 is 5.69 Å². The number of rotatable bonds is 5. The van der Waals surface area contributed by atoms with Gasteiger partial charge in [-0.05, 0) is 31.0 Å². The summed E-state index contributed by atoms with van der Waals surface area (Å²) in [6.07, 6.45) is 1.01. The molecule has 5 heteroatoms. The molecule has 0 amide bonds. The third-order valence-corrected chi connectivity index (χ3v) is 3.79. The molecule has 0 aromatic heterocycles. The number of nitrogens with one attached hydrogen (secondary N) is 1. The Kier molecular flexibility index (Phi) is 5.17. The van der Waals surface area contributed by atoms with Crippen LogP contribution in [0.3, 0.4) is 0 Å². The van der Waals surface area contributed by atoms with Gasteiger partial charge in [0.15, 0.2) is 0 Å². The molecule has 1 heterocycles. The molecule has 1 aromatic carbocycles. The Morgan fingerprint density at radius 2 is 2.15 bits per heavy atom. The smallest absolute Gasteiger partial charge is 0.387 e. The number of hydrogen-bond donors (Lipinski definition) is 1. The standard InChI is InChI=1S/C15H22F2N2O/c1-3-18-12-8-9-19(10-11(12)2)13-6-4-5-7-14(13)20-15(16)17/h4-7,11-12,15,18H,3,8-10H2,1-2H3. The number of benzene rings is 1. The molecule has 0 aliphatic carbocycles. The molecule has 1 aliphatic heterocycles. The first-order chi connectivity index (χ1) is 9.61. The second-order valence-electron chi connectivity index (χ2n) is 5.22. The summed E-state index contributed by atoms with van der Waals surface area (Å²) in [5.41, 5.74) is 0.759. The van der Waals surface area contributed by atoms with Crippen LogP contribution in [0.15, 0.2) is 24.3 Å². The summed E-state index contributed by atoms with van der Waals surface area (Å²) in [7, 11) is 0. The number of anilines is 1. The van der Waals surface area contributed by atoms with Crippen molar-refractivity contribution in [3.05, 3.63) is 24.3 Å². The predicted molar refractivity (Wildman–Crippen MR) is 76.5 cm³/mol. The van der Waals surface area contributed by atoms with Crippen LogP contribution in [0.25, 0.3) is 0 Å². The van der Waals surface area contributed by atoms with Gasteiger partial charge in [-0.15, -0.1) is 0 Å². The van der Waals surface area contributed by atoms with E-state index in [1.54, 1.807) is 12.1 Å². The molecule has 1 aromatic rings. The molecule has 0 radical (unpaired) electrons. The Labute approximate surface area is 118 Å². The van der Waals surface area contributed by atoms with E-state index in [4.69, 9.17) is 0 Å². The number of para-hydroxylation sites is 2. The normalized spacial score (nSPS) is 23.1. The Balaban J connectivity index is 2.09. The minimum absolute atomic E-state index is 0.261. The van der Waals surface area contributed by atoms with E-state index < -0.39 is 6.61 Å². The van der Waals surface area contributed by atoms with Crippen molar-refractivity contribution in [2.45, 2.75) is 32.9 Å². The van der Waals surface area contributed by atoms with Crippen molar-refractivity contribution in [1.29, 1.82) is 0 Å². The number of alkyl halides is 2. The molecule has 2 atom stereocenters. The summed E-state index contributed by atoms with van der Waals surface area (Å²) in [4.78, 5) is 2.14. The highest BCUT2D eigenvalue weighted by Crippen LogP contribution is 2.32. The first-order valence-corrected chi connectivity index (χ1v) is 7.14. The van der Waals surface area contributed by atoms with Crippen molar-refractivity contribution in [2.75, 3.05) is 24.5 Å². The fraction of sp³-hybridized carbons (Fsp3) is 0.600. The van der Waals surface area contributed by atoms with Crippen LogP contribution in [0.5, 0.6) is 5.75 Å². The molecule has 0 saturated carbocycles. The van der Waals surface area contributed by atoms with E-state index in [2.05, 4.69) is 28.8 Å². The van der Waals surface area contributed by atoms with Crippen LogP contribution in [0.2, 0.25) is 0 Å². The Hall–Kier alpha value is -1.36. The number of halogens is 2. The second-order valence-corrected chi connectivity index (χ2v) is 5.22. The molecule has 1 aliphatic rings. The van der Waals surface area contributed by atoms with E-state index in [1.165, 1.54) is 0 Å². The second kappa shape index (κ2) is 6.88. The molecule has 1 fully saturated rings. The summed E-state index contributed by atoms with van der Waals surface area (Å²) in [5.74, 6) is 0.736. The van der Waals surface area contributed by atoms with Crippen molar-refractivity contribution < 1.29 is 13.5 Å². The maximum Gasteiger partial charge on any atom is 0.387 e. The van der Waals surface area contributed by atoms with E-state index >= 15 is 0 Å². The molecule has 112 valence electrons. The van der Waals surface area contributed by atoms with Crippen LogP contribution < -0.4 is 15.0 Å². The fourth-order valence-corrected chi connectivity index (χ4v) is 2.84. The van der Waals surface area contributed by atoms with Gasteiger partial charge in [0, 0.05) is 19.1 Å². The van der Waals surface area contributed by atoms with Gasteiger partial charge in [0.25, 0.3) is 0 Å². The number of ether oxygens (including phenoxy) is 1. The molecule has 0 bridgehead atoms. The van der Waals surface area contributed by atoms with Gasteiger partial charge >= 0.3 is 6.61 Å². The summed E-state index contributed by atoms with van der Waals surface area (Å²) in [6.45, 7) is 4.17. The van der Waals surface area contributed by atoms with Crippen LogP contribution >= 0.6 is 0 Å². The fourth-order valence-electron chi connectivity index (χ4n) is 2.84. The van der Waals surface area contributed by atoms with Crippen LogP contribution in [0.4, 0.5) is 14.5 Å². The molecule has 3 nitrogen and oxygen atoms in total. The summed E-state index contributed by atoms with van der Waals surface area (Å²) in [6, 6.07) is 7.52. The van der Waals surface area contributed by atoms with Gasteiger partial charge in [0.05, 0.1) is 5.69 Å². The van der Waals surface area contributed by atoms with Gasteiger partial charge in [0.1, 0.15) is 5.75 Å². The van der Waals surface area contributed by atoms with Crippen molar-refractivity contribution in [2.24, 2.45) is 5.92 Å². The predicted octanol–water partition coefficient (Wildman–Crippen LogP) is 3.11. The molecule has 2 rings (SSSR count). The van der Waals surface area contributed by atoms with Gasteiger partial charge in [-0.3, -0.25) is 0 Å². The Morgan fingerprint density at radius 1 is 1.40 bits per heavy atom. The van der Waals surface area contributed by atoms with Crippen molar-refractivity contribution in [3.63, 3.8) is 0 Å². The van der Waals surface area contributed by atoms with Gasteiger partial charge < -0.3 is 15.0 Å². The lowest BCUT2D eigenvalue weighted by atomic mass is 9.93. The molecule has 20 heavy (non-hydrogen) atoms. The zero-order chi connectivity index (χ0) is 14.5. The lowest BCUT2D eigenvalue weighted by Gasteiger charge is -2.39. The van der Waals surface area contributed by atoms with Gasteiger partial charge in [0.2, 0.25) is 0 Å². The van der Waals surface area contributed by atoms with Crippen molar-refractivity contribution in [1.82, 2.24) is 5.32 Å². The van der Waals surface area contributed by atoms with E-state index in [0.717, 1.165) is 31.7 Å². The third-order valence-electron chi connectivity index (χ3n) is 3.79. The van der Waals surface area contributed by atoms with Crippen LogP contribution in [0, 0.1) is 5.92 Å². The van der Waals surface area contributed by atoms with Crippen molar-refractivity contribution in [3.8, 4) is 5.75 Å². The summed E-state index contributed by atoms with van der Waals surface area (Å²) < 4.78 is 29.5. The number of hydrogen-bond acceptors (Lipinski definition) is 3. The zero-order valence-corrected chi connectivity index (χ0v) is 12.0. The minimum Gasteiger partial charge on any atom is -0.433 e. The van der Waals surface area contributed by atoms with Gasteiger partial charge in [-0.2, -0.15) is 8.78 Å². The monoisotopic (exact) mass is 284 g/mol.